The van der Waals surface area contributed by atoms with Crippen molar-refractivity contribution in [2.45, 2.75) is 31.5 Å². The summed E-state index contributed by atoms with van der Waals surface area (Å²) in [7, 11) is 0. The summed E-state index contributed by atoms with van der Waals surface area (Å²) in [6.07, 6.45) is 8.47. The van der Waals surface area contributed by atoms with E-state index in [0.717, 1.165) is 19.3 Å². The summed E-state index contributed by atoms with van der Waals surface area (Å²) < 4.78 is 5.49. The third-order valence-electron chi connectivity index (χ3n) is 2.59. The van der Waals surface area contributed by atoms with Crippen molar-refractivity contribution in [2.75, 3.05) is 0 Å². The van der Waals surface area contributed by atoms with Crippen molar-refractivity contribution in [1.82, 2.24) is 0 Å². The van der Waals surface area contributed by atoms with Crippen molar-refractivity contribution in [3.05, 3.63) is 0 Å². The van der Waals surface area contributed by atoms with Crippen LogP contribution >= 0.6 is 0 Å². The highest BCUT2D eigenvalue weighted by atomic mass is 16.5. The molecule has 2 bridgehead atoms. The van der Waals surface area contributed by atoms with E-state index in [1.165, 1.54) is 0 Å². The monoisotopic (exact) mass is 150 g/mol. The molecule has 0 amide bonds. The van der Waals surface area contributed by atoms with Crippen molar-refractivity contribution < 1.29 is 9.53 Å². The minimum atomic E-state index is -0.0720. The minimum Gasteiger partial charge on any atom is -0.374 e. The fraction of sp³-hybridized carbons (Fsp3) is 0.667. The van der Waals surface area contributed by atoms with Gasteiger partial charge in [-0.1, -0.05) is 0 Å². The SMILES string of the molecule is C#CC(=O)C1CC2CCC1O2. The maximum Gasteiger partial charge on any atom is 0.210 e. The van der Waals surface area contributed by atoms with Crippen LogP contribution in [0.1, 0.15) is 19.3 Å². The Kier molecular flexibility index (Phi) is 1.47. The first-order chi connectivity index (χ1) is 5.31. The van der Waals surface area contributed by atoms with E-state index in [-0.39, 0.29) is 17.8 Å². The fourth-order valence-electron chi connectivity index (χ4n) is 2.02. The molecule has 0 aromatic heterocycles. The van der Waals surface area contributed by atoms with Gasteiger partial charge in [0.25, 0.3) is 0 Å². The van der Waals surface area contributed by atoms with Gasteiger partial charge in [-0.3, -0.25) is 4.79 Å². The molecule has 2 rings (SSSR count). The molecule has 2 aliphatic heterocycles. The Balaban J connectivity index is 2.09. The molecule has 0 aromatic rings. The first kappa shape index (κ1) is 6.87. The lowest BCUT2D eigenvalue weighted by molar-refractivity contribution is -0.118. The average Bonchev–Trinajstić information content (AvgIpc) is 2.62. The van der Waals surface area contributed by atoms with E-state index in [1.54, 1.807) is 0 Å². The number of ketones is 1. The lowest BCUT2D eigenvalue weighted by atomic mass is 9.86. The first-order valence-corrected chi connectivity index (χ1v) is 3.97. The summed E-state index contributed by atoms with van der Waals surface area (Å²) in [4.78, 5) is 11.1. The Labute approximate surface area is 65.9 Å². The maximum absolute atomic E-state index is 11.1. The van der Waals surface area contributed by atoms with Gasteiger partial charge in [-0.25, -0.2) is 0 Å². The number of fused-ring (bicyclic) bond motifs is 2. The molecule has 0 aromatic carbocycles. The molecule has 2 saturated heterocycles. The van der Waals surface area contributed by atoms with E-state index in [9.17, 15) is 4.79 Å². The van der Waals surface area contributed by atoms with Gasteiger partial charge in [-0.2, -0.15) is 0 Å². The number of carbonyl (C=O) groups excluding carboxylic acids is 1. The summed E-state index contributed by atoms with van der Waals surface area (Å²) in [6.45, 7) is 0. The van der Waals surface area contributed by atoms with Crippen LogP contribution in [0.4, 0.5) is 0 Å². The Morgan fingerprint density at radius 1 is 1.55 bits per heavy atom. The third kappa shape index (κ3) is 0.965. The fourth-order valence-corrected chi connectivity index (χ4v) is 2.02. The second-order valence-corrected chi connectivity index (χ2v) is 3.22. The average molecular weight is 150 g/mol. The third-order valence-corrected chi connectivity index (χ3v) is 2.59. The van der Waals surface area contributed by atoms with Gasteiger partial charge in [-0.15, -0.1) is 6.42 Å². The smallest absolute Gasteiger partial charge is 0.210 e. The van der Waals surface area contributed by atoms with Gasteiger partial charge < -0.3 is 4.74 Å². The molecule has 0 saturated carbocycles. The summed E-state index contributed by atoms with van der Waals surface area (Å²) >= 11 is 0. The largest absolute Gasteiger partial charge is 0.374 e. The molecule has 58 valence electrons. The number of rotatable bonds is 1. The topological polar surface area (TPSA) is 26.3 Å². The Morgan fingerprint density at radius 2 is 2.36 bits per heavy atom. The lowest BCUT2D eigenvalue weighted by Crippen LogP contribution is -2.23. The second-order valence-electron chi connectivity index (χ2n) is 3.22. The van der Waals surface area contributed by atoms with Crippen LogP contribution in [-0.2, 0) is 9.53 Å². The zero-order valence-electron chi connectivity index (χ0n) is 6.25. The zero-order chi connectivity index (χ0) is 7.84. The standard InChI is InChI=1S/C9H10O2/c1-2-8(10)7-5-6-3-4-9(7)11-6/h1,6-7,9H,3-5H2. The Bertz CT molecular complexity index is 226. The van der Waals surface area contributed by atoms with Gasteiger partial charge in [0, 0.05) is 0 Å². The van der Waals surface area contributed by atoms with Crippen LogP contribution in [0.25, 0.3) is 0 Å². The normalized spacial score (nSPS) is 40.5. The summed E-state index contributed by atoms with van der Waals surface area (Å²) in [6, 6.07) is 0. The highest BCUT2D eigenvalue weighted by molar-refractivity contribution is 5.97. The molecular weight excluding hydrogens is 140 g/mol. The molecule has 2 fully saturated rings. The van der Waals surface area contributed by atoms with E-state index in [1.807, 2.05) is 0 Å². The van der Waals surface area contributed by atoms with Gasteiger partial charge in [0.15, 0.2) is 0 Å². The van der Waals surface area contributed by atoms with Gasteiger partial charge in [0.05, 0.1) is 18.1 Å². The molecule has 2 nitrogen and oxygen atoms in total. The molecule has 2 heteroatoms. The molecule has 0 aliphatic carbocycles. The van der Waals surface area contributed by atoms with E-state index < -0.39 is 0 Å². The van der Waals surface area contributed by atoms with Gasteiger partial charge >= 0.3 is 0 Å². The molecule has 3 atom stereocenters. The second kappa shape index (κ2) is 2.35. The van der Waals surface area contributed by atoms with Crippen molar-refractivity contribution in [2.24, 2.45) is 5.92 Å². The van der Waals surface area contributed by atoms with Crippen LogP contribution in [0.3, 0.4) is 0 Å². The predicted octanol–water partition coefficient (Wildman–Crippen LogP) is 0.756. The molecule has 0 N–H and O–H groups in total. The van der Waals surface area contributed by atoms with Crippen molar-refractivity contribution in [1.29, 1.82) is 0 Å². The highest BCUT2D eigenvalue weighted by Crippen LogP contribution is 2.38. The van der Waals surface area contributed by atoms with Crippen LogP contribution in [0, 0.1) is 18.3 Å². The maximum atomic E-state index is 11.1. The Morgan fingerprint density at radius 3 is 2.82 bits per heavy atom. The number of hydrogen-bond donors (Lipinski definition) is 0. The van der Waals surface area contributed by atoms with E-state index in [4.69, 9.17) is 11.2 Å². The van der Waals surface area contributed by atoms with Crippen LogP contribution in [-0.4, -0.2) is 18.0 Å². The van der Waals surface area contributed by atoms with E-state index >= 15 is 0 Å². The predicted molar refractivity (Wildman–Crippen MR) is 39.8 cm³/mol. The Hall–Kier alpha value is -0.810. The minimum absolute atomic E-state index is 0.0127. The van der Waals surface area contributed by atoms with Crippen molar-refractivity contribution >= 4 is 5.78 Å². The quantitative estimate of drug-likeness (QED) is 0.407. The van der Waals surface area contributed by atoms with Crippen molar-refractivity contribution in [3.8, 4) is 12.3 Å². The molecule has 2 heterocycles. The molecule has 11 heavy (non-hydrogen) atoms. The van der Waals surface area contributed by atoms with E-state index in [2.05, 4.69) is 5.92 Å². The highest BCUT2D eigenvalue weighted by Gasteiger charge is 2.43. The molecule has 2 aliphatic rings. The molecular formula is C9H10O2. The summed E-state index contributed by atoms with van der Waals surface area (Å²) in [5.74, 6) is 2.11. The number of carbonyl (C=O) groups is 1. The summed E-state index contributed by atoms with van der Waals surface area (Å²) in [5, 5.41) is 0. The van der Waals surface area contributed by atoms with Crippen LogP contribution in [0.2, 0.25) is 0 Å². The lowest BCUT2D eigenvalue weighted by Gasteiger charge is -2.13. The summed E-state index contributed by atoms with van der Waals surface area (Å²) in [5.41, 5.74) is 0. The van der Waals surface area contributed by atoms with Crippen LogP contribution in [0.15, 0.2) is 0 Å². The zero-order valence-corrected chi connectivity index (χ0v) is 6.25. The molecule has 3 unspecified atom stereocenters. The van der Waals surface area contributed by atoms with E-state index in [0.29, 0.717) is 6.10 Å². The van der Waals surface area contributed by atoms with Crippen molar-refractivity contribution in [3.63, 3.8) is 0 Å². The first-order valence-electron chi connectivity index (χ1n) is 3.97. The number of ether oxygens (including phenoxy) is 1. The molecule has 0 radical (unpaired) electrons. The van der Waals surface area contributed by atoms with Crippen LogP contribution < -0.4 is 0 Å². The van der Waals surface area contributed by atoms with Crippen LogP contribution in [0.5, 0.6) is 0 Å². The van der Waals surface area contributed by atoms with Gasteiger partial charge in [0.2, 0.25) is 5.78 Å². The molecule has 0 spiro atoms. The van der Waals surface area contributed by atoms with Gasteiger partial charge in [0.1, 0.15) is 0 Å². The van der Waals surface area contributed by atoms with Gasteiger partial charge in [-0.05, 0) is 25.2 Å². The number of Topliss-reactive ketones (excluding diaryl/α,β-unsaturated/α-hetero) is 1. The number of terminal acetylenes is 1. The number of hydrogen-bond acceptors (Lipinski definition) is 2.